The smallest absolute Gasteiger partial charge is 0.179 e. The first-order valence-electron chi connectivity index (χ1n) is 4.07. The van der Waals surface area contributed by atoms with E-state index in [0.29, 0.717) is 15.3 Å². The molecule has 0 N–H and O–H groups in total. The van der Waals surface area contributed by atoms with Gasteiger partial charge in [-0.25, -0.2) is 13.8 Å². The van der Waals surface area contributed by atoms with E-state index in [1.54, 1.807) is 0 Å². The van der Waals surface area contributed by atoms with Crippen molar-refractivity contribution in [2.45, 2.75) is 6.42 Å². The molecule has 0 atom stereocenters. The third kappa shape index (κ3) is 2.57. The summed E-state index contributed by atoms with van der Waals surface area (Å²) in [6.45, 7) is 0. The first-order chi connectivity index (χ1) is 7.15. The fraction of sp³-hybridized carbons (Fsp3) is 0.111. The molecule has 0 aliphatic heterocycles. The van der Waals surface area contributed by atoms with Crippen molar-refractivity contribution in [3.8, 4) is 0 Å². The van der Waals surface area contributed by atoms with Crippen LogP contribution in [0.3, 0.4) is 0 Å². The first-order valence-corrected chi connectivity index (χ1v) is 5.64. The Bertz CT molecular complexity index is 487. The second-order valence-electron chi connectivity index (χ2n) is 2.88. The molecule has 0 aliphatic rings. The summed E-state index contributed by atoms with van der Waals surface area (Å²) < 4.78 is 30.5. The Labute approximate surface area is 97.3 Å². The van der Waals surface area contributed by atoms with Crippen LogP contribution in [0.15, 0.2) is 22.1 Å². The predicted octanol–water partition coefficient (Wildman–Crippen LogP) is 3.17. The van der Waals surface area contributed by atoms with Crippen LogP contribution in [0, 0.1) is 11.6 Å². The van der Waals surface area contributed by atoms with E-state index in [0.717, 1.165) is 6.07 Å². The molecule has 0 aliphatic carbocycles. The van der Waals surface area contributed by atoms with Gasteiger partial charge in [0.05, 0.1) is 0 Å². The molecule has 6 heteroatoms. The highest BCUT2D eigenvalue weighted by Crippen LogP contribution is 2.17. The van der Waals surface area contributed by atoms with Gasteiger partial charge in [0.25, 0.3) is 0 Å². The summed E-state index contributed by atoms with van der Waals surface area (Å²) in [5, 5.41) is 0. The lowest BCUT2D eigenvalue weighted by Gasteiger charge is -1.99. The highest BCUT2D eigenvalue weighted by atomic mass is 79.9. The van der Waals surface area contributed by atoms with E-state index < -0.39 is 11.6 Å². The molecule has 2 aromatic rings. The summed E-state index contributed by atoms with van der Waals surface area (Å²) in [5.41, 5.74) is 0.390. The van der Waals surface area contributed by atoms with Crippen molar-refractivity contribution in [3.63, 3.8) is 0 Å². The van der Waals surface area contributed by atoms with Gasteiger partial charge < -0.3 is 0 Å². The highest BCUT2D eigenvalue weighted by molar-refractivity contribution is 9.11. The summed E-state index contributed by atoms with van der Waals surface area (Å²) >= 11 is 4.36. The minimum absolute atomic E-state index is 0.272. The van der Waals surface area contributed by atoms with Crippen LogP contribution in [0.2, 0.25) is 0 Å². The van der Waals surface area contributed by atoms with E-state index >= 15 is 0 Å². The lowest BCUT2D eigenvalue weighted by molar-refractivity contribution is 0.574. The maximum atomic E-state index is 13.2. The average molecular weight is 291 g/mol. The molecule has 2 nitrogen and oxygen atoms in total. The van der Waals surface area contributed by atoms with Crippen LogP contribution < -0.4 is 0 Å². The zero-order chi connectivity index (χ0) is 10.8. The number of rotatable bonds is 2. The SMILES string of the molecule is Fc1ccc(Cc2nsc(Br)n2)c(F)c1. The van der Waals surface area contributed by atoms with E-state index in [1.165, 1.54) is 23.7 Å². The molecule has 0 saturated heterocycles. The molecule has 1 heterocycles. The average Bonchev–Trinajstić information content (AvgIpc) is 2.56. The maximum Gasteiger partial charge on any atom is 0.179 e. The Balaban J connectivity index is 2.24. The van der Waals surface area contributed by atoms with E-state index in [1.807, 2.05) is 0 Å². The van der Waals surface area contributed by atoms with Crippen LogP contribution in [0.1, 0.15) is 11.4 Å². The van der Waals surface area contributed by atoms with Crippen LogP contribution in [0.25, 0.3) is 0 Å². The van der Waals surface area contributed by atoms with Crippen molar-refractivity contribution in [1.82, 2.24) is 9.36 Å². The van der Waals surface area contributed by atoms with Crippen molar-refractivity contribution < 1.29 is 8.78 Å². The molecule has 0 fully saturated rings. The van der Waals surface area contributed by atoms with Crippen LogP contribution in [0.5, 0.6) is 0 Å². The van der Waals surface area contributed by atoms with Crippen LogP contribution in [-0.4, -0.2) is 9.36 Å². The lowest BCUT2D eigenvalue weighted by atomic mass is 10.1. The van der Waals surface area contributed by atoms with Crippen LogP contribution >= 0.6 is 27.5 Å². The van der Waals surface area contributed by atoms with Gasteiger partial charge in [-0.15, -0.1) is 0 Å². The summed E-state index contributed by atoms with van der Waals surface area (Å²) in [6.07, 6.45) is 0.272. The number of hydrogen-bond donors (Lipinski definition) is 0. The molecule has 0 radical (unpaired) electrons. The van der Waals surface area contributed by atoms with E-state index in [4.69, 9.17) is 0 Å². The zero-order valence-corrected chi connectivity index (χ0v) is 9.78. The van der Waals surface area contributed by atoms with Gasteiger partial charge in [0.15, 0.2) is 3.92 Å². The molecule has 1 aromatic carbocycles. The summed E-state index contributed by atoms with van der Waals surface area (Å²) in [4.78, 5) is 4.03. The third-order valence-corrected chi connectivity index (χ3v) is 2.96. The van der Waals surface area contributed by atoms with Gasteiger partial charge in [-0.2, -0.15) is 4.37 Å². The van der Waals surface area contributed by atoms with E-state index in [2.05, 4.69) is 25.3 Å². The molecular formula is C9H5BrF2N2S. The number of benzene rings is 1. The van der Waals surface area contributed by atoms with Crippen LogP contribution in [-0.2, 0) is 6.42 Å². The fourth-order valence-corrected chi connectivity index (χ4v) is 1.99. The van der Waals surface area contributed by atoms with Crippen LogP contribution in [0.4, 0.5) is 8.78 Å². The van der Waals surface area contributed by atoms with E-state index in [9.17, 15) is 8.78 Å². The minimum atomic E-state index is -0.580. The molecule has 78 valence electrons. The van der Waals surface area contributed by atoms with Crippen molar-refractivity contribution in [3.05, 3.63) is 45.1 Å². The Kier molecular flexibility index (Phi) is 3.06. The summed E-state index contributed by atoms with van der Waals surface area (Å²) in [6, 6.07) is 3.48. The highest BCUT2D eigenvalue weighted by Gasteiger charge is 2.08. The maximum absolute atomic E-state index is 13.2. The van der Waals surface area contributed by atoms with Gasteiger partial charge >= 0.3 is 0 Å². The molecule has 0 saturated carbocycles. The number of nitrogens with zero attached hydrogens (tertiary/aromatic N) is 2. The molecular weight excluding hydrogens is 286 g/mol. The molecule has 15 heavy (non-hydrogen) atoms. The molecule has 2 rings (SSSR count). The largest absolute Gasteiger partial charge is 0.212 e. The second kappa shape index (κ2) is 4.32. The summed E-state index contributed by atoms with van der Waals surface area (Å²) in [7, 11) is 0. The Hall–Kier alpha value is -0.880. The lowest BCUT2D eigenvalue weighted by Crippen LogP contribution is -1.95. The number of halogens is 3. The number of hydrogen-bond acceptors (Lipinski definition) is 3. The van der Waals surface area contributed by atoms with Crippen molar-refractivity contribution in [2.75, 3.05) is 0 Å². The quantitative estimate of drug-likeness (QED) is 0.849. The monoisotopic (exact) mass is 290 g/mol. The van der Waals surface area contributed by atoms with E-state index in [-0.39, 0.29) is 6.42 Å². The van der Waals surface area contributed by atoms with Crippen molar-refractivity contribution in [2.24, 2.45) is 0 Å². The van der Waals surface area contributed by atoms with Gasteiger partial charge in [-0.3, -0.25) is 0 Å². The zero-order valence-electron chi connectivity index (χ0n) is 7.38. The molecule has 1 aromatic heterocycles. The Morgan fingerprint density at radius 1 is 1.33 bits per heavy atom. The predicted molar refractivity (Wildman–Crippen MR) is 56.8 cm³/mol. The molecule has 0 unspecified atom stereocenters. The fourth-order valence-electron chi connectivity index (χ4n) is 1.14. The van der Waals surface area contributed by atoms with Gasteiger partial charge in [0.1, 0.15) is 17.5 Å². The van der Waals surface area contributed by atoms with Crippen molar-refractivity contribution >= 4 is 27.5 Å². The second-order valence-corrected chi connectivity index (χ2v) is 4.90. The van der Waals surface area contributed by atoms with Crippen molar-refractivity contribution in [1.29, 1.82) is 0 Å². The van der Waals surface area contributed by atoms with Gasteiger partial charge in [-0.05, 0) is 39.1 Å². The first kappa shape index (κ1) is 10.6. The third-order valence-electron chi connectivity index (χ3n) is 1.81. The Morgan fingerprint density at radius 3 is 2.73 bits per heavy atom. The Morgan fingerprint density at radius 2 is 2.13 bits per heavy atom. The summed E-state index contributed by atoms with van der Waals surface area (Å²) in [5.74, 6) is -0.623. The molecule has 0 amide bonds. The standard InChI is InChI=1S/C9H5BrF2N2S/c10-9-13-8(14-15-9)3-5-1-2-6(11)4-7(5)12/h1-2,4H,3H2. The van der Waals surface area contributed by atoms with Gasteiger partial charge in [0.2, 0.25) is 0 Å². The minimum Gasteiger partial charge on any atom is -0.212 e. The normalized spacial score (nSPS) is 10.6. The number of aromatic nitrogens is 2. The molecule has 0 spiro atoms. The van der Waals surface area contributed by atoms with Gasteiger partial charge in [-0.1, -0.05) is 6.07 Å². The topological polar surface area (TPSA) is 25.8 Å². The van der Waals surface area contributed by atoms with Gasteiger partial charge in [0, 0.05) is 12.5 Å². The molecule has 0 bridgehead atoms.